The number of amides is 2. The maximum atomic E-state index is 13.3. The van der Waals surface area contributed by atoms with Gasteiger partial charge in [0.15, 0.2) is 0 Å². The van der Waals surface area contributed by atoms with Gasteiger partial charge in [-0.25, -0.2) is 4.98 Å². The van der Waals surface area contributed by atoms with E-state index in [1.54, 1.807) is 12.3 Å². The van der Waals surface area contributed by atoms with E-state index < -0.39 is 0 Å². The maximum absolute atomic E-state index is 13.3. The highest BCUT2D eigenvalue weighted by atomic mass is 32.1. The second kappa shape index (κ2) is 14.6. The lowest BCUT2D eigenvalue weighted by atomic mass is 10.0. The zero-order valence-corrected chi connectivity index (χ0v) is 23.4. The Labute approximate surface area is 225 Å². The summed E-state index contributed by atoms with van der Waals surface area (Å²) in [5.41, 5.74) is 4.43. The van der Waals surface area contributed by atoms with E-state index in [9.17, 15) is 9.59 Å². The Kier molecular flexibility index (Phi) is 11.3. The first-order valence-corrected chi connectivity index (χ1v) is 14.2. The molecule has 0 unspecified atom stereocenters. The summed E-state index contributed by atoms with van der Waals surface area (Å²) in [6, 6.07) is 14.1. The number of nitrogens with zero attached hydrogens (tertiary/aromatic N) is 2. The van der Waals surface area contributed by atoms with Crippen molar-refractivity contribution in [1.29, 1.82) is 0 Å². The third-order valence-electron chi connectivity index (χ3n) is 6.16. The fourth-order valence-corrected chi connectivity index (χ4v) is 4.85. The largest absolute Gasteiger partial charge is 0.352 e. The first-order valence-electron chi connectivity index (χ1n) is 13.3. The molecule has 198 valence electrons. The van der Waals surface area contributed by atoms with Crippen LogP contribution < -0.4 is 10.6 Å². The zero-order chi connectivity index (χ0) is 26.6. The fraction of sp³-hybridized carbons (Fsp3) is 0.433. The molecule has 0 saturated heterocycles. The molecule has 0 radical (unpaired) electrons. The summed E-state index contributed by atoms with van der Waals surface area (Å²) in [5.74, 6) is 0.304. The van der Waals surface area contributed by atoms with Gasteiger partial charge in [0.05, 0.1) is 0 Å². The van der Waals surface area contributed by atoms with Gasteiger partial charge in [0.1, 0.15) is 5.01 Å². The average molecular weight is 521 g/mol. The van der Waals surface area contributed by atoms with Crippen LogP contribution in [0, 0.1) is 0 Å². The van der Waals surface area contributed by atoms with Crippen molar-refractivity contribution in [2.24, 2.45) is 0 Å². The minimum atomic E-state index is -0.172. The van der Waals surface area contributed by atoms with Gasteiger partial charge in [-0.1, -0.05) is 52.0 Å². The van der Waals surface area contributed by atoms with Gasteiger partial charge in [0, 0.05) is 54.4 Å². The lowest BCUT2D eigenvalue weighted by Crippen LogP contribution is -2.33. The second-order valence-corrected chi connectivity index (χ2v) is 10.5. The summed E-state index contributed by atoms with van der Waals surface area (Å²) in [5, 5.41) is 9.18. The van der Waals surface area contributed by atoms with Crippen LogP contribution in [0.5, 0.6) is 0 Å². The molecule has 0 bridgehead atoms. The average Bonchev–Trinajstić information content (AvgIpc) is 3.45. The van der Waals surface area contributed by atoms with Gasteiger partial charge >= 0.3 is 0 Å². The molecule has 0 saturated carbocycles. The third kappa shape index (κ3) is 8.51. The van der Waals surface area contributed by atoms with Crippen LogP contribution >= 0.6 is 11.3 Å². The van der Waals surface area contributed by atoms with E-state index >= 15 is 0 Å². The van der Waals surface area contributed by atoms with E-state index in [1.807, 2.05) is 22.4 Å². The molecule has 0 spiro atoms. The predicted molar refractivity (Wildman–Crippen MR) is 153 cm³/mol. The second-order valence-electron chi connectivity index (χ2n) is 9.61. The molecule has 2 N–H and O–H groups in total. The van der Waals surface area contributed by atoms with E-state index in [2.05, 4.69) is 67.6 Å². The lowest BCUT2D eigenvalue weighted by Gasteiger charge is -2.22. The first kappa shape index (κ1) is 28.5. The van der Waals surface area contributed by atoms with Gasteiger partial charge in [-0.15, -0.1) is 11.3 Å². The van der Waals surface area contributed by atoms with Gasteiger partial charge in [-0.2, -0.15) is 0 Å². The Balaban J connectivity index is 1.60. The summed E-state index contributed by atoms with van der Waals surface area (Å²) in [6.07, 6.45) is 4.33. The fourth-order valence-electron chi connectivity index (χ4n) is 4.22. The molecule has 7 heteroatoms. The van der Waals surface area contributed by atoms with Crippen LogP contribution in [0.2, 0.25) is 0 Å². The number of carbonyl (C=O) groups is 2. The summed E-state index contributed by atoms with van der Waals surface area (Å²) in [7, 11) is 0. The molecule has 6 nitrogen and oxygen atoms in total. The Morgan fingerprint density at radius 1 is 1.00 bits per heavy atom. The Morgan fingerprint density at radius 3 is 2.43 bits per heavy atom. The molecule has 3 aromatic rings. The van der Waals surface area contributed by atoms with Crippen molar-refractivity contribution in [2.75, 3.05) is 26.2 Å². The van der Waals surface area contributed by atoms with Crippen molar-refractivity contribution in [3.8, 4) is 10.6 Å². The summed E-state index contributed by atoms with van der Waals surface area (Å²) in [6.45, 7) is 12.1. The topological polar surface area (TPSA) is 74.3 Å². The van der Waals surface area contributed by atoms with Crippen LogP contribution in [0.4, 0.5) is 0 Å². The van der Waals surface area contributed by atoms with E-state index in [0.717, 1.165) is 42.9 Å². The Morgan fingerprint density at radius 2 is 1.76 bits per heavy atom. The molecular formula is C30H40N4O2S. The van der Waals surface area contributed by atoms with Crippen molar-refractivity contribution in [3.63, 3.8) is 0 Å². The first-order chi connectivity index (χ1) is 17.9. The molecular weight excluding hydrogens is 480 g/mol. The number of hydrogen-bond acceptors (Lipinski definition) is 5. The number of nitrogens with one attached hydrogen (secondary N) is 2. The molecule has 1 aromatic heterocycles. The standard InChI is InChI=1S/C30H40N4O2S/c1-5-14-34(15-6-2)30(36)27-19-25(18-26(20-27)29-33-13-16-37-29)28(35)32-12-8-11-31-21-23-9-7-10-24(17-23)22(3)4/h7,9-10,13,16-20,22,31H,5-6,8,11-12,14-15,21H2,1-4H3,(H,32,35). The van der Waals surface area contributed by atoms with Gasteiger partial charge in [-0.3, -0.25) is 9.59 Å². The summed E-state index contributed by atoms with van der Waals surface area (Å²) < 4.78 is 0. The van der Waals surface area contributed by atoms with E-state index in [-0.39, 0.29) is 11.8 Å². The summed E-state index contributed by atoms with van der Waals surface area (Å²) >= 11 is 1.50. The minimum Gasteiger partial charge on any atom is -0.352 e. The van der Waals surface area contributed by atoms with E-state index in [4.69, 9.17) is 0 Å². The highest BCUT2D eigenvalue weighted by molar-refractivity contribution is 7.13. The number of benzene rings is 2. The molecule has 0 aliphatic rings. The lowest BCUT2D eigenvalue weighted by molar-refractivity contribution is 0.0755. The van der Waals surface area contributed by atoms with E-state index in [1.165, 1.54) is 22.5 Å². The normalized spacial score (nSPS) is 11.1. The molecule has 37 heavy (non-hydrogen) atoms. The molecule has 1 heterocycles. The molecule has 0 fully saturated rings. The molecule has 0 aliphatic heterocycles. The molecule has 2 amide bonds. The van der Waals surface area contributed by atoms with Crippen molar-refractivity contribution < 1.29 is 9.59 Å². The predicted octanol–water partition coefficient (Wildman–Crippen LogP) is 6.11. The van der Waals surface area contributed by atoms with Crippen LogP contribution in [0.3, 0.4) is 0 Å². The van der Waals surface area contributed by atoms with Crippen molar-refractivity contribution in [3.05, 3.63) is 76.3 Å². The van der Waals surface area contributed by atoms with Crippen LogP contribution in [0.25, 0.3) is 10.6 Å². The van der Waals surface area contributed by atoms with Gasteiger partial charge in [-0.05, 0) is 61.1 Å². The van der Waals surface area contributed by atoms with Gasteiger partial charge in [0.25, 0.3) is 11.8 Å². The van der Waals surface area contributed by atoms with Crippen molar-refractivity contribution >= 4 is 23.2 Å². The number of thiazole rings is 1. The number of rotatable bonds is 14. The SMILES string of the molecule is CCCN(CCC)C(=O)c1cc(C(=O)NCCCNCc2cccc(C(C)C)c2)cc(-c2nccs2)c1. The van der Waals surface area contributed by atoms with Crippen molar-refractivity contribution in [2.45, 2.75) is 59.4 Å². The number of aromatic nitrogens is 1. The molecule has 0 aliphatic carbocycles. The van der Waals surface area contributed by atoms with Crippen LogP contribution in [-0.4, -0.2) is 47.9 Å². The molecule has 2 aromatic carbocycles. The smallest absolute Gasteiger partial charge is 0.253 e. The monoisotopic (exact) mass is 520 g/mol. The Bertz CT molecular complexity index is 1140. The van der Waals surface area contributed by atoms with Crippen LogP contribution in [-0.2, 0) is 6.54 Å². The summed E-state index contributed by atoms with van der Waals surface area (Å²) in [4.78, 5) is 32.6. The maximum Gasteiger partial charge on any atom is 0.253 e. The number of carbonyl (C=O) groups excluding carboxylic acids is 2. The highest BCUT2D eigenvalue weighted by Crippen LogP contribution is 2.25. The quantitative estimate of drug-likeness (QED) is 0.252. The van der Waals surface area contributed by atoms with Crippen LogP contribution in [0.15, 0.2) is 54.0 Å². The van der Waals surface area contributed by atoms with Gasteiger partial charge < -0.3 is 15.5 Å². The highest BCUT2D eigenvalue weighted by Gasteiger charge is 2.19. The van der Waals surface area contributed by atoms with Gasteiger partial charge in [0.2, 0.25) is 0 Å². The van der Waals surface area contributed by atoms with E-state index in [0.29, 0.717) is 36.7 Å². The van der Waals surface area contributed by atoms with Crippen molar-refractivity contribution in [1.82, 2.24) is 20.5 Å². The zero-order valence-electron chi connectivity index (χ0n) is 22.5. The van der Waals surface area contributed by atoms with Crippen LogP contribution in [0.1, 0.15) is 84.7 Å². The third-order valence-corrected chi connectivity index (χ3v) is 6.98. The molecule has 3 rings (SSSR count). The Hall–Kier alpha value is -3.03. The number of hydrogen-bond donors (Lipinski definition) is 2. The minimum absolute atomic E-state index is 0.0399. The molecule has 0 atom stereocenters.